The van der Waals surface area contributed by atoms with Crippen LogP contribution in [0.1, 0.15) is 40.0 Å². The molecule has 0 aromatic rings. The Kier molecular flexibility index (Phi) is 4.33. The summed E-state index contributed by atoms with van der Waals surface area (Å²) in [5.41, 5.74) is -0.384. The molecule has 0 aromatic carbocycles. The van der Waals surface area contributed by atoms with Gasteiger partial charge in [0.15, 0.2) is 0 Å². The third-order valence-electron chi connectivity index (χ3n) is 2.22. The maximum atomic E-state index is 11.4. The molecule has 0 aromatic heterocycles. The minimum absolute atomic E-state index is 0.169. The van der Waals surface area contributed by atoms with Crippen molar-refractivity contribution in [3.8, 4) is 0 Å². The molecule has 86 valence electrons. The van der Waals surface area contributed by atoms with Gasteiger partial charge in [-0.1, -0.05) is 12.2 Å². The van der Waals surface area contributed by atoms with Crippen LogP contribution in [0.5, 0.6) is 0 Å². The first-order chi connectivity index (χ1) is 6.97. The molecule has 1 rings (SSSR count). The molecule has 3 heteroatoms. The van der Waals surface area contributed by atoms with E-state index in [9.17, 15) is 4.79 Å². The average molecular weight is 211 g/mol. The second-order valence-corrected chi connectivity index (χ2v) is 4.95. The fourth-order valence-electron chi connectivity index (χ4n) is 1.58. The van der Waals surface area contributed by atoms with Gasteiger partial charge in [0.1, 0.15) is 5.60 Å². The maximum absolute atomic E-state index is 11.4. The van der Waals surface area contributed by atoms with E-state index in [0.29, 0.717) is 12.6 Å². The average Bonchev–Trinajstić information content (AvgIpc) is 2.14. The number of hydrogen-bond acceptors (Lipinski definition) is 3. The van der Waals surface area contributed by atoms with Crippen LogP contribution in [0, 0.1) is 0 Å². The lowest BCUT2D eigenvalue weighted by Crippen LogP contribution is -2.37. The molecule has 1 N–H and O–H groups in total. The summed E-state index contributed by atoms with van der Waals surface area (Å²) in [5, 5.41) is 3.22. The molecule has 0 bridgehead atoms. The van der Waals surface area contributed by atoms with Gasteiger partial charge in [-0.15, -0.1) is 0 Å². The molecule has 0 spiro atoms. The Balaban J connectivity index is 2.19. The van der Waals surface area contributed by atoms with Gasteiger partial charge in [0.05, 0.1) is 6.54 Å². The Morgan fingerprint density at radius 1 is 1.47 bits per heavy atom. The van der Waals surface area contributed by atoms with Crippen LogP contribution in [0.3, 0.4) is 0 Å². The van der Waals surface area contributed by atoms with Crippen LogP contribution in [0.4, 0.5) is 0 Å². The van der Waals surface area contributed by atoms with Crippen molar-refractivity contribution < 1.29 is 9.53 Å². The summed E-state index contributed by atoms with van der Waals surface area (Å²) in [7, 11) is 0. The van der Waals surface area contributed by atoms with Crippen LogP contribution >= 0.6 is 0 Å². The minimum atomic E-state index is -0.384. The molecular weight excluding hydrogens is 190 g/mol. The second-order valence-electron chi connectivity index (χ2n) is 4.95. The lowest BCUT2D eigenvalue weighted by atomic mass is 10.0. The summed E-state index contributed by atoms with van der Waals surface area (Å²) < 4.78 is 5.21. The van der Waals surface area contributed by atoms with Crippen LogP contribution < -0.4 is 5.32 Å². The van der Waals surface area contributed by atoms with Crippen molar-refractivity contribution in [1.29, 1.82) is 0 Å². The smallest absolute Gasteiger partial charge is 0.320 e. The number of hydrogen-bond donors (Lipinski definition) is 1. The zero-order chi connectivity index (χ0) is 11.3. The second kappa shape index (κ2) is 5.31. The van der Waals surface area contributed by atoms with Crippen LogP contribution in [0.2, 0.25) is 0 Å². The van der Waals surface area contributed by atoms with Gasteiger partial charge in [-0.25, -0.2) is 0 Å². The summed E-state index contributed by atoms with van der Waals surface area (Å²) in [6.07, 6.45) is 7.58. The number of esters is 1. The maximum Gasteiger partial charge on any atom is 0.320 e. The van der Waals surface area contributed by atoms with Crippen LogP contribution in [-0.2, 0) is 9.53 Å². The molecule has 1 aliphatic carbocycles. The van der Waals surface area contributed by atoms with Crippen molar-refractivity contribution in [2.75, 3.05) is 6.54 Å². The highest BCUT2D eigenvalue weighted by Gasteiger charge is 2.17. The monoisotopic (exact) mass is 211 g/mol. The Morgan fingerprint density at radius 3 is 2.73 bits per heavy atom. The van der Waals surface area contributed by atoms with E-state index in [2.05, 4.69) is 17.5 Å². The van der Waals surface area contributed by atoms with E-state index >= 15 is 0 Å². The summed E-state index contributed by atoms with van der Waals surface area (Å²) in [4.78, 5) is 11.4. The number of carbonyl (C=O) groups excluding carboxylic acids is 1. The molecule has 0 heterocycles. The number of rotatable bonds is 3. The fourth-order valence-corrected chi connectivity index (χ4v) is 1.58. The summed E-state index contributed by atoms with van der Waals surface area (Å²) in [6, 6.07) is 0.433. The molecule has 0 fully saturated rings. The van der Waals surface area contributed by atoms with Crippen molar-refractivity contribution in [2.24, 2.45) is 0 Å². The van der Waals surface area contributed by atoms with E-state index in [-0.39, 0.29) is 11.6 Å². The van der Waals surface area contributed by atoms with Gasteiger partial charge in [-0.3, -0.25) is 4.79 Å². The first-order valence-electron chi connectivity index (χ1n) is 5.57. The van der Waals surface area contributed by atoms with E-state index in [4.69, 9.17) is 4.74 Å². The number of carbonyl (C=O) groups is 1. The molecule has 0 aliphatic heterocycles. The molecule has 0 radical (unpaired) electrons. The molecular formula is C12H21NO2. The quantitative estimate of drug-likeness (QED) is 0.573. The lowest BCUT2D eigenvalue weighted by Gasteiger charge is -2.22. The summed E-state index contributed by atoms with van der Waals surface area (Å²) in [5.74, 6) is -0.169. The normalized spacial score (nSPS) is 21.4. The van der Waals surface area contributed by atoms with E-state index in [1.807, 2.05) is 20.8 Å². The molecule has 1 aliphatic rings. The third kappa shape index (κ3) is 5.57. The molecule has 15 heavy (non-hydrogen) atoms. The highest BCUT2D eigenvalue weighted by molar-refractivity contribution is 5.72. The largest absolute Gasteiger partial charge is 0.459 e. The Bertz CT molecular complexity index is 240. The molecule has 0 amide bonds. The fraction of sp³-hybridized carbons (Fsp3) is 0.750. The SMILES string of the molecule is CC(C)(C)OC(=O)CNC1CC=CCC1. The molecule has 0 saturated carbocycles. The van der Waals surface area contributed by atoms with Gasteiger partial charge >= 0.3 is 5.97 Å². The highest BCUT2D eigenvalue weighted by Crippen LogP contribution is 2.11. The standard InChI is InChI=1S/C12H21NO2/c1-12(2,3)15-11(14)9-13-10-7-5-4-6-8-10/h4-5,10,13H,6-9H2,1-3H3. The van der Waals surface area contributed by atoms with Gasteiger partial charge in [0.25, 0.3) is 0 Å². The van der Waals surface area contributed by atoms with Crippen LogP contribution in [0.25, 0.3) is 0 Å². The lowest BCUT2D eigenvalue weighted by molar-refractivity contribution is -0.153. The van der Waals surface area contributed by atoms with Crippen molar-refractivity contribution in [3.63, 3.8) is 0 Å². The molecule has 1 unspecified atom stereocenters. The number of ether oxygens (including phenoxy) is 1. The van der Waals surface area contributed by atoms with Crippen LogP contribution in [0.15, 0.2) is 12.2 Å². The predicted molar refractivity (Wildman–Crippen MR) is 60.6 cm³/mol. The third-order valence-corrected chi connectivity index (χ3v) is 2.22. The first-order valence-corrected chi connectivity index (χ1v) is 5.57. The van der Waals surface area contributed by atoms with Crippen molar-refractivity contribution >= 4 is 5.97 Å². The Morgan fingerprint density at radius 2 is 2.20 bits per heavy atom. The van der Waals surface area contributed by atoms with Gasteiger partial charge in [0.2, 0.25) is 0 Å². The number of allylic oxidation sites excluding steroid dienone is 1. The van der Waals surface area contributed by atoms with Crippen molar-refractivity contribution in [3.05, 3.63) is 12.2 Å². The van der Waals surface area contributed by atoms with Gasteiger partial charge in [0, 0.05) is 6.04 Å². The summed E-state index contributed by atoms with van der Waals surface area (Å²) in [6.45, 7) is 5.96. The Labute approximate surface area is 91.9 Å². The summed E-state index contributed by atoms with van der Waals surface area (Å²) >= 11 is 0. The predicted octanol–water partition coefficient (Wildman–Crippen LogP) is 2.03. The zero-order valence-corrected chi connectivity index (χ0v) is 9.88. The zero-order valence-electron chi connectivity index (χ0n) is 9.88. The van der Waals surface area contributed by atoms with Crippen LogP contribution in [-0.4, -0.2) is 24.2 Å². The van der Waals surface area contributed by atoms with Gasteiger partial charge in [-0.05, 0) is 40.0 Å². The molecule has 1 atom stereocenters. The van der Waals surface area contributed by atoms with Gasteiger partial charge in [-0.2, -0.15) is 0 Å². The van der Waals surface area contributed by atoms with E-state index in [1.165, 1.54) is 0 Å². The van der Waals surface area contributed by atoms with Crippen molar-refractivity contribution in [2.45, 2.75) is 51.7 Å². The first kappa shape index (κ1) is 12.2. The van der Waals surface area contributed by atoms with E-state index < -0.39 is 0 Å². The topological polar surface area (TPSA) is 38.3 Å². The van der Waals surface area contributed by atoms with Gasteiger partial charge < -0.3 is 10.1 Å². The Hall–Kier alpha value is -0.830. The molecule has 0 saturated heterocycles. The molecule has 3 nitrogen and oxygen atoms in total. The number of nitrogens with one attached hydrogen (secondary N) is 1. The van der Waals surface area contributed by atoms with E-state index in [1.54, 1.807) is 0 Å². The minimum Gasteiger partial charge on any atom is -0.459 e. The van der Waals surface area contributed by atoms with Crippen molar-refractivity contribution in [1.82, 2.24) is 5.32 Å². The highest BCUT2D eigenvalue weighted by atomic mass is 16.6. The van der Waals surface area contributed by atoms with E-state index in [0.717, 1.165) is 19.3 Å².